The van der Waals surface area contributed by atoms with Gasteiger partial charge in [-0.2, -0.15) is 0 Å². The van der Waals surface area contributed by atoms with Gasteiger partial charge in [0, 0.05) is 6.54 Å². The fraction of sp³-hybridized carbons (Fsp3) is 0.160. The third-order valence-corrected chi connectivity index (χ3v) is 5.66. The van der Waals surface area contributed by atoms with E-state index in [0.29, 0.717) is 34.0 Å². The highest BCUT2D eigenvalue weighted by Gasteiger charge is 2.15. The second kappa shape index (κ2) is 10.2. The molecule has 6 nitrogen and oxygen atoms in total. The van der Waals surface area contributed by atoms with Crippen LogP contribution in [0, 0.1) is 0 Å². The lowest BCUT2D eigenvalue weighted by Crippen LogP contribution is -2.27. The number of hydrogen-bond acceptors (Lipinski definition) is 5. The molecular weight excluding hydrogens is 422 g/mol. The van der Waals surface area contributed by atoms with Crippen molar-refractivity contribution in [2.45, 2.75) is 18.5 Å². The fourth-order valence-corrected chi connectivity index (χ4v) is 4.01. The molecule has 0 aliphatic heterocycles. The third kappa shape index (κ3) is 5.00. The van der Waals surface area contributed by atoms with Crippen LogP contribution in [-0.4, -0.2) is 27.8 Å². The van der Waals surface area contributed by atoms with Gasteiger partial charge in [-0.25, -0.2) is 4.98 Å². The Hall–Kier alpha value is -3.58. The zero-order valence-electron chi connectivity index (χ0n) is 17.7. The molecule has 4 aromatic rings. The smallest absolute Gasteiger partial charge is 0.266 e. The zero-order chi connectivity index (χ0) is 22.3. The zero-order valence-corrected chi connectivity index (χ0v) is 18.5. The summed E-state index contributed by atoms with van der Waals surface area (Å²) in [5.41, 5.74) is 1.09. The van der Waals surface area contributed by atoms with Crippen molar-refractivity contribution in [2.75, 3.05) is 12.3 Å². The number of ether oxygens (including phenoxy) is 1. The number of para-hydroxylation sites is 2. The van der Waals surface area contributed by atoms with Crippen molar-refractivity contribution >= 4 is 28.6 Å². The highest BCUT2D eigenvalue weighted by atomic mass is 32.2. The molecule has 1 aromatic heterocycles. The minimum absolute atomic E-state index is 0.0857. The summed E-state index contributed by atoms with van der Waals surface area (Å²) in [4.78, 5) is 30.1. The maximum Gasteiger partial charge on any atom is 0.266 e. The lowest BCUT2D eigenvalue weighted by atomic mass is 10.2. The first-order chi connectivity index (χ1) is 15.7. The summed E-state index contributed by atoms with van der Waals surface area (Å²) in [5, 5.41) is 3.85. The summed E-state index contributed by atoms with van der Waals surface area (Å²) in [6.07, 6.45) is 0.868. The predicted molar refractivity (Wildman–Crippen MR) is 128 cm³/mol. The molecule has 0 radical (unpaired) electrons. The minimum Gasteiger partial charge on any atom is -0.457 e. The quantitative estimate of drug-likeness (QED) is 0.312. The van der Waals surface area contributed by atoms with Crippen molar-refractivity contribution in [3.63, 3.8) is 0 Å². The van der Waals surface area contributed by atoms with Crippen LogP contribution in [0.1, 0.15) is 13.3 Å². The average Bonchev–Trinajstić information content (AvgIpc) is 2.83. The van der Waals surface area contributed by atoms with E-state index in [0.717, 1.165) is 12.2 Å². The summed E-state index contributed by atoms with van der Waals surface area (Å²) < 4.78 is 7.40. The Morgan fingerprint density at radius 2 is 1.66 bits per heavy atom. The number of carbonyl (C=O) groups is 1. The summed E-state index contributed by atoms with van der Waals surface area (Å²) in [6.45, 7) is 2.63. The van der Waals surface area contributed by atoms with Gasteiger partial charge in [-0.1, -0.05) is 49.0 Å². The van der Waals surface area contributed by atoms with E-state index in [-0.39, 0.29) is 17.2 Å². The standard InChI is InChI=1S/C25H23N3O3S/c1-2-16-26-23(29)17-32-25-27-22-11-7-6-10-21(22)24(30)28(25)18-12-14-20(15-13-18)31-19-8-4-3-5-9-19/h3-15H,2,16-17H2,1H3,(H,26,29). The number of aromatic nitrogens is 2. The molecule has 3 aromatic carbocycles. The molecule has 0 aliphatic rings. The molecule has 7 heteroatoms. The number of fused-ring (bicyclic) bond motifs is 1. The largest absolute Gasteiger partial charge is 0.457 e. The second-order valence-corrected chi connectivity index (χ2v) is 8.04. The number of hydrogen-bond donors (Lipinski definition) is 1. The summed E-state index contributed by atoms with van der Waals surface area (Å²) >= 11 is 1.24. The lowest BCUT2D eigenvalue weighted by Gasteiger charge is -2.14. The van der Waals surface area contributed by atoms with Gasteiger partial charge in [0.25, 0.3) is 5.56 Å². The van der Waals surface area contributed by atoms with Crippen molar-refractivity contribution in [1.29, 1.82) is 0 Å². The van der Waals surface area contributed by atoms with Gasteiger partial charge in [0.15, 0.2) is 5.16 Å². The molecule has 0 unspecified atom stereocenters. The van der Waals surface area contributed by atoms with Gasteiger partial charge in [-0.3, -0.25) is 14.2 Å². The van der Waals surface area contributed by atoms with Crippen LogP contribution in [0.25, 0.3) is 16.6 Å². The summed E-state index contributed by atoms with van der Waals surface area (Å²) in [6, 6.07) is 24.0. The molecule has 0 saturated heterocycles. The molecular formula is C25H23N3O3S. The number of nitrogens with zero attached hydrogens (tertiary/aromatic N) is 2. The average molecular weight is 446 g/mol. The molecule has 0 atom stereocenters. The van der Waals surface area contributed by atoms with Gasteiger partial charge >= 0.3 is 0 Å². The Balaban J connectivity index is 1.67. The first-order valence-corrected chi connectivity index (χ1v) is 11.4. The maximum absolute atomic E-state index is 13.3. The van der Waals surface area contributed by atoms with E-state index in [4.69, 9.17) is 4.74 Å². The van der Waals surface area contributed by atoms with Gasteiger partial charge < -0.3 is 10.1 Å². The molecule has 4 rings (SSSR count). The number of rotatable bonds is 8. The Labute approximate surface area is 190 Å². The van der Waals surface area contributed by atoms with Gasteiger partial charge in [0.05, 0.1) is 22.3 Å². The molecule has 0 fully saturated rings. The monoisotopic (exact) mass is 445 g/mol. The Morgan fingerprint density at radius 3 is 2.41 bits per heavy atom. The normalized spacial score (nSPS) is 10.8. The molecule has 1 amide bonds. The van der Waals surface area contributed by atoms with Crippen molar-refractivity contribution in [3.8, 4) is 17.2 Å². The van der Waals surface area contributed by atoms with Crippen LogP contribution in [0.5, 0.6) is 11.5 Å². The highest BCUT2D eigenvalue weighted by molar-refractivity contribution is 7.99. The second-order valence-electron chi connectivity index (χ2n) is 7.10. The van der Waals surface area contributed by atoms with Crippen molar-refractivity contribution in [2.24, 2.45) is 0 Å². The lowest BCUT2D eigenvalue weighted by molar-refractivity contribution is -0.118. The molecule has 0 saturated carbocycles. The predicted octanol–water partition coefficient (Wildman–Crippen LogP) is 4.80. The Bertz CT molecular complexity index is 1270. The van der Waals surface area contributed by atoms with Gasteiger partial charge in [-0.05, 0) is 55.0 Å². The molecule has 0 aliphatic carbocycles. The van der Waals surface area contributed by atoms with Crippen molar-refractivity contribution < 1.29 is 9.53 Å². The number of carbonyl (C=O) groups excluding carboxylic acids is 1. The molecule has 32 heavy (non-hydrogen) atoms. The maximum atomic E-state index is 13.3. The Kier molecular flexibility index (Phi) is 6.87. The van der Waals surface area contributed by atoms with Gasteiger partial charge in [0.2, 0.25) is 5.91 Å². The van der Waals surface area contributed by atoms with Crippen LogP contribution < -0.4 is 15.6 Å². The van der Waals surface area contributed by atoms with Gasteiger partial charge in [0.1, 0.15) is 11.5 Å². The Morgan fingerprint density at radius 1 is 0.969 bits per heavy atom. The van der Waals surface area contributed by atoms with E-state index < -0.39 is 0 Å². The van der Waals surface area contributed by atoms with Crippen LogP contribution >= 0.6 is 11.8 Å². The summed E-state index contributed by atoms with van der Waals surface area (Å²) in [5.74, 6) is 1.49. The molecule has 1 N–H and O–H groups in total. The summed E-state index contributed by atoms with van der Waals surface area (Å²) in [7, 11) is 0. The van der Waals surface area contributed by atoms with E-state index in [2.05, 4.69) is 10.3 Å². The number of amides is 1. The SMILES string of the molecule is CCCNC(=O)CSc1nc2ccccc2c(=O)n1-c1ccc(Oc2ccccc2)cc1. The van der Waals surface area contributed by atoms with E-state index in [9.17, 15) is 9.59 Å². The molecule has 162 valence electrons. The number of benzene rings is 3. The molecule has 0 spiro atoms. The molecule has 1 heterocycles. The van der Waals surface area contributed by atoms with E-state index in [1.165, 1.54) is 11.8 Å². The first kappa shape index (κ1) is 21.6. The van der Waals surface area contributed by atoms with Crippen LogP contribution in [-0.2, 0) is 4.79 Å². The highest BCUT2D eigenvalue weighted by Crippen LogP contribution is 2.25. The minimum atomic E-state index is -0.177. The fourth-order valence-electron chi connectivity index (χ4n) is 3.17. The van der Waals surface area contributed by atoms with Crippen LogP contribution in [0.3, 0.4) is 0 Å². The topological polar surface area (TPSA) is 73.2 Å². The van der Waals surface area contributed by atoms with Crippen LogP contribution in [0.2, 0.25) is 0 Å². The van der Waals surface area contributed by atoms with Crippen LogP contribution in [0.4, 0.5) is 0 Å². The van der Waals surface area contributed by atoms with Crippen molar-refractivity contribution in [3.05, 3.63) is 89.2 Å². The van der Waals surface area contributed by atoms with Crippen LogP contribution in [0.15, 0.2) is 88.8 Å². The first-order valence-electron chi connectivity index (χ1n) is 10.4. The number of thioether (sulfide) groups is 1. The van der Waals surface area contributed by atoms with E-state index >= 15 is 0 Å². The number of nitrogens with one attached hydrogen (secondary N) is 1. The van der Waals surface area contributed by atoms with Crippen molar-refractivity contribution in [1.82, 2.24) is 14.9 Å². The third-order valence-electron chi connectivity index (χ3n) is 4.72. The van der Waals surface area contributed by atoms with E-state index in [1.807, 2.05) is 73.7 Å². The van der Waals surface area contributed by atoms with Gasteiger partial charge in [-0.15, -0.1) is 0 Å². The molecule has 0 bridgehead atoms. The van der Waals surface area contributed by atoms with E-state index in [1.54, 1.807) is 16.7 Å².